The summed E-state index contributed by atoms with van der Waals surface area (Å²) in [5, 5.41) is 12.1. The van der Waals surface area contributed by atoms with Gasteiger partial charge in [0.15, 0.2) is 0 Å². The molecule has 16 aromatic rings. The van der Waals surface area contributed by atoms with Crippen LogP contribution in [0.25, 0.3) is 110 Å². The van der Waals surface area contributed by atoms with Gasteiger partial charge in [0.25, 0.3) is 0 Å². The van der Waals surface area contributed by atoms with Crippen LogP contribution >= 0.6 is 0 Å². The van der Waals surface area contributed by atoms with E-state index >= 15 is 0 Å². The van der Waals surface area contributed by atoms with Crippen LogP contribution in [0.4, 0.5) is 34.1 Å². The topological polar surface area (TPSA) is 16.3 Å². The predicted octanol–water partition coefficient (Wildman–Crippen LogP) is 22.9. The lowest BCUT2D eigenvalue weighted by molar-refractivity contribution is 0.660. The molecule has 88 heavy (non-hydrogen) atoms. The molecule has 4 nitrogen and oxygen atoms in total. The molecular weight excluding hydrogens is 1060 g/mol. The average molecular weight is 1130 g/mol. The molecule has 4 heteroatoms. The van der Waals surface area contributed by atoms with Crippen molar-refractivity contribution in [3.63, 3.8) is 0 Å². The van der Waals surface area contributed by atoms with Gasteiger partial charge in [0, 0.05) is 77.3 Å². The summed E-state index contributed by atoms with van der Waals surface area (Å²) in [6.07, 6.45) is 0. The minimum atomic E-state index is -0.178. The van der Waals surface area contributed by atoms with E-state index in [1.165, 1.54) is 109 Å². The minimum absolute atomic E-state index is 0.178. The molecular formula is C84H60N4. The lowest BCUT2D eigenvalue weighted by Crippen LogP contribution is -2.15. The van der Waals surface area contributed by atoms with Gasteiger partial charge >= 0.3 is 0 Å². The van der Waals surface area contributed by atoms with Crippen LogP contribution in [0.5, 0.6) is 0 Å². The second-order valence-corrected chi connectivity index (χ2v) is 25.2. The summed E-state index contributed by atoms with van der Waals surface area (Å²) in [5.74, 6) is 0. The highest BCUT2D eigenvalue weighted by molar-refractivity contribution is 6.30. The van der Waals surface area contributed by atoms with Crippen LogP contribution in [0.1, 0.15) is 49.9 Å². The Hall–Kier alpha value is -10.9. The molecule has 0 radical (unpaired) electrons. The normalized spacial score (nSPS) is 13.6. The summed E-state index contributed by atoms with van der Waals surface area (Å²) < 4.78 is 5.10. The number of hydrogen-bond acceptors (Lipinski definition) is 2. The van der Waals surface area contributed by atoms with Gasteiger partial charge in [0.2, 0.25) is 0 Å². The minimum Gasteiger partial charge on any atom is -0.310 e. The summed E-state index contributed by atoms with van der Waals surface area (Å²) in [5.41, 5.74) is 23.9. The Morgan fingerprint density at radius 1 is 0.250 bits per heavy atom. The molecule has 18 rings (SSSR count). The zero-order valence-electron chi connectivity index (χ0n) is 49.5. The smallest absolute Gasteiger partial charge is 0.0562 e. The molecule has 0 atom stereocenters. The maximum atomic E-state index is 2.55. The third kappa shape index (κ3) is 7.20. The van der Waals surface area contributed by atoms with E-state index in [0.29, 0.717) is 0 Å². The number of nitrogens with zero attached hydrogens (tertiary/aromatic N) is 4. The molecule has 2 aliphatic rings. The Morgan fingerprint density at radius 2 is 0.625 bits per heavy atom. The van der Waals surface area contributed by atoms with Crippen molar-refractivity contribution in [1.29, 1.82) is 0 Å². The van der Waals surface area contributed by atoms with E-state index < -0.39 is 0 Å². The van der Waals surface area contributed by atoms with Gasteiger partial charge in [-0.15, -0.1) is 0 Å². The number of rotatable bonds is 8. The number of hydrogen-bond donors (Lipinski definition) is 0. The first-order chi connectivity index (χ1) is 43.2. The van der Waals surface area contributed by atoms with Crippen LogP contribution in [-0.4, -0.2) is 9.13 Å². The molecule has 416 valence electrons. The fourth-order valence-corrected chi connectivity index (χ4v) is 15.7. The van der Waals surface area contributed by atoms with Crippen molar-refractivity contribution < 1.29 is 0 Å². The number of anilines is 6. The van der Waals surface area contributed by atoms with Crippen LogP contribution in [-0.2, 0) is 10.8 Å². The lowest BCUT2D eigenvalue weighted by atomic mass is 9.82. The van der Waals surface area contributed by atoms with Crippen molar-refractivity contribution in [3.05, 3.63) is 313 Å². The van der Waals surface area contributed by atoms with Gasteiger partial charge in [-0.3, -0.25) is 0 Å². The average Bonchev–Trinajstić information content (AvgIpc) is 1.98. The quantitative estimate of drug-likeness (QED) is 0.151. The molecule has 0 amide bonds. The van der Waals surface area contributed by atoms with Crippen LogP contribution < -0.4 is 9.80 Å². The molecule has 0 saturated heterocycles. The van der Waals surface area contributed by atoms with Crippen molar-refractivity contribution in [2.75, 3.05) is 9.80 Å². The van der Waals surface area contributed by atoms with Gasteiger partial charge in [0.05, 0.1) is 33.4 Å². The number of para-hydroxylation sites is 2. The predicted molar refractivity (Wildman–Crippen MR) is 372 cm³/mol. The van der Waals surface area contributed by atoms with E-state index in [1.807, 2.05) is 0 Å². The van der Waals surface area contributed by atoms with E-state index in [1.54, 1.807) is 0 Å². The van der Waals surface area contributed by atoms with Crippen molar-refractivity contribution >= 4 is 110 Å². The molecule has 2 heterocycles. The first kappa shape index (κ1) is 50.4. The van der Waals surface area contributed by atoms with Crippen molar-refractivity contribution in [3.8, 4) is 33.6 Å². The SMILES string of the molecule is CC1(C)c2ccccc2-c2ccc(-n3c4cc(N(c5ccccc5)c5cccc6ccccc56)ccc4c4c5ccc6c(c5ccc43)c3ccc(N(c4ccccc4)c4cccc5ccccc45)cc3n6-c3ccc4c(c3)C(C)(C)c3ccccc3-4)cc21. The van der Waals surface area contributed by atoms with Gasteiger partial charge in [-0.1, -0.05) is 222 Å². The molecule has 0 saturated carbocycles. The van der Waals surface area contributed by atoms with Crippen LogP contribution in [0.15, 0.2) is 291 Å². The summed E-state index contributed by atoms with van der Waals surface area (Å²) in [4.78, 5) is 4.88. The zero-order chi connectivity index (χ0) is 58.6. The molecule has 0 fully saturated rings. The maximum absolute atomic E-state index is 2.55. The van der Waals surface area contributed by atoms with Crippen LogP contribution in [0, 0.1) is 0 Å². The van der Waals surface area contributed by atoms with Gasteiger partial charge in [-0.2, -0.15) is 0 Å². The van der Waals surface area contributed by atoms with Crippen molar-refractivity contribution in [2.24, 2.45) is 0 Å². The fraction of sp³-hybridized carbons (Fsp3) is 0.0714. The Kier molecular flexibility index (Phi) is 10.8. The Bertz CT molecular complexity index is 5230. The monoisotopic (exact) mass is 1120 g/mol. The largest absolute Gasteiger partial charge is 0.310 e. The number of aromatic nitrogens is 2. The molecule has 0 aliphatic heterocycles. The van der Waals surface area contributed by atoms with Crippen molar-refractivity contribution in [2.45, 2.75) is 38.5 Å². The first-order valence-electron chi connectivity index (χ1n) is 30.8. The molecule has 0 spiro atoms. The summed E-state index contributed by atoms with van der Waals surface area (Å²) in [7, 11) is 0. The lowest BCUT2D eigenvalue weighted by Gasteiger charge is -2.27. The third-order valence-corrected chi connectivity index (χ3v) is 19.8. The van der Waals surface area contributed by atoms with Gasteiger partial charge in [-0.05, 0) is 163 Å². The van der Waals surface area contributed by atoms with Gasteiger partial charge in [-0.25, -0.2) is 0 Å². The summed E-state index contributed by atoms with van der Waals surface area (Å²) in [6, 6.07) is 109. The molecule has 14 aromatic carbocycles. The standard InChI is InChI=1S/C84H60N4/c1-83(2)71-33-17-15-31-63(71)65-41-37-57(49-73(65)83)87-77-47-45-68-67(81(77)69-43-39-59(51-79(69)87)85(55-25-7-5-8-26-55)75-35-19-23-53-21-11-13-29-61(53)75)46-48-78-82(68)70-44-40-60(86(56-27-9-6-10-28-56)76-36-20-24-54-22-12-14-30-62(54)76)52-80(70)88(78)58-38-42-66-64-32-16-18-34-72(64)84(3,4)74(66)50-58/h5-52H,1-4H3. The number of fused-ring (bicyclic) bond motifs is 17. The van der Waals surface area contributed by atoms with Crippen LogP contribution in [0.3, 0.4) is 0 Å². The molecule has 0 unspecified atom stereocenters. The zero-order valence-corrected chi connectivity index (χ0v) is 49.5. The maximum Gasteiger partial charge on any atom is 0.0562 e. The van der Waals surface area contributed by atoms with E-state index in [0.717, 1.165) is 56.5 Å². The Morgan fingerprint density at radius 3 is 1.08 bits per heavy atom. The Labute approximate surface area is 511 Å². The molecule has 0 N–H and O–H groups in total. The van der Waals surface area contributed by atoms with Gasteiger partial charge < -0.3 is 18.9 Å². The number of benzene rings is 14. The van der Waals surface area contributed by atoms with Crippen molar-refractivity contribution in [1.82, 2.24) is 9.13 Å². The Balaban J connectivity index is 0.918. The summed E-state index contributed by atoms with van der Waals surface area (Å²) in [6.45, 7) is 9.54. The second-order valence-electron chi connectivity index (χ2n) is 25.2. The van der Waals surface area contributed by atoms with E-state index in [9.17, 15) is 0 Å². The first-order valence-corrected chi connectivity index (χ1v) is 30.8. The fourth-order valence-electron chi connectivity index (χ4n) is 15.7. The van der Waals surface area contributed by atoms with E-state index in [2.05, 4.69) is 338 Å². The van der Waals surface area contributed by atoms with E-state index in [-0.39, 0.29) is 10.8 Å². The molecule has 2 aromatic heterocycles. The highest BCUT2D eigenvalue weighted by atomic mass is 15.2. The molecule has 0 bridgehead atoms. The summed E-state index contributed by atoms with van der Waals surface area (Å²) >= 11 is 0. The second kappa shape index (κ2) is 18.8. The molecule has 2 aliphatic carbocycles. The van der Waals surface area contributed by atoms with Crippen LogP contribution in [0.2, 0.25) is 0 Å². The van der Waals surface area contributed by atoms with Gasteiger partial charge in [0.1, 0.15) is 0 Å². The highest BCUT2D eigenvalue weighted by Gasteiger charge is 2.37. The van der Waals surface area contributed by atoms with E-state index in [4.69, 9.17) is 0 Å². The highest BCUT2D eigenvalue weighted by Crippen LogP contribution is 2.53. The third-order valence-electron chi connectivity index (χ3n) is 19.8.